The third-order valence-electron chi connectivity index (χ3n) is 4.59. The molecule has 0 amide bonds. The molecule has 5 nitrogen and oxygen atoms in total. The average Bonchev–Trinajstić information content (AvgIpc) is 2.78. The lowest BCUT2D eigenvalue weighted by Gasteiger charge is -2.43. The van der Waals surface area contributed by atoms with Crippen LogP contribution in [0.4, 0.5) is 0 Å². The Morgan fingerprint density at radius 2 is 2.25 bits per heavy atom. The van der Waals surface area contributed by atoms with Gasteiger partial charge in [0.1, 0.15) is 5.69 Å². The molecule has 1 aromatic rings. The van der Waals surface area contributed by atoms with Gasteiger partial charge in [0.25, 0.3) is 0 Å². The second-order valence-corrected chi connectivity index (χ2v) is 6.14. The molecule has 2 rings (SSSR count). The number of nitrogens with zero attached hydrogens (tertiary/aromatic N) is 3. The molecule has 5 heteroatoms. The molecule has 0 spiro atoms. The number of ether oxygens (including phenoxy) is 1. The summed E-state index contributed by atoms with van der Waals surface area (Å²) in [7, 11) is 7.38. The number of aromatic nitrogens is 2. The summed E-state index contributed by atoms with van der Waals surface area (Å²) in [4.78, 5) is 15.3. The number of hydrogen-bond donors (Lipinski definition) is 0. The van der Waals surface area contributed by atoms with Crippen molar-refractivity contribution in [1.82, 2.24) is 14.7 Å². The van der Waals surface area contributed by atoms with E-state index in [1.54, 1.807) is 25.0 Å². The Balaban J connectivity index is 2.44. The summed E-state index contributed by atoms with van der Waals surface area (Å²) in [5, 5.41) is 4.17. The number of carbonyl (C=O) groups is 1. The maximum atomic E-state index is 13.2. The monoisotopic (exact) mass is 279 g/mol. The normalized spacial score (nSPS) is 26.8. The molecule has 112 valence electrons. The molecule has 0 saturated heterocycles. The van der Waals surface area contributed by atoms with Gasteiger partial charge >= 0.3 is 0 Å². The fourth-order valence-electron chi connectivity index (χ4n) is 3.39. The van der Waals surface area contributed by atoms with Crippen molar-refractivity contribution in [3.05, 3.63) is 11.9 Å². The van der Waals surface area contributed by atoms with Crippen LogP contribution in [0.3, 0.4) is 0 Å². The van der Waals surface area contributed by atoms with Gasteiger partial charge in [-0.1, -0.05) is 19.8 Å². The van der Waals surface area contributed by atoms with E-state index < -0.39 is 5.54 Å². The molecular formula is C15H25N3O2. The molecule has 1 aliphatic carbocycles. The minimum atomic E-state index is -0.432. The molecule has 0 bridgehead atoms. The van der Waals surface area contributed by atoms with Crippen molar-refractivity contribution in [2.24, 2.45) is 13.0 Å². The molecule has 0 aromatic carbocycles. The SMILES string of the molecule is COc1cnn(C)c1C(=O)C1(N(C)C)CCCC(C)C1. The van der Waals surface area contributed by atoms with Gasteiger partial charge in [0.15, 0.2) is 5.75 Å². The van der Waals surface area contributed by atoms with Gasteiger partial charge in [0, 0.05) is 7.05 Å². The molecule has 20 heavy (non-hydrogen) atoms. The van der Waals surface area contributed by atoms with E-state index in [1.165, 1.54) is 6.42 Å². The maximum Gasteiger partial charge on any atom is 0.204 e. The first kappa shape index (κ1) is 15.0. The van der Waals surface area contributed by atoms with Crippen LogP contribution in [-0.4, -0.2) is 47.2 Å². The van der Waals surface area contributed by atoms with Gasteiger partial charge in [0.05, 0.1) is 18.8 Å². The number of carbonyl (C=O) groups excluding carboxylic acids is 1. The van der Waals surface area contributed by atoms with Gasteiger partial charge < -0.3 is 4.74 Å². The summed E-state index contributed by atoms with van der Waals surface area (Å²) in [5.41, 5.74) is 0.147. The van der Waals surface area contributed by atoms with E-state index >= 15 is 0 Å². The zero-order chi connectivity index (χ0) is 14.9. The number of rotatable bonds is 4. The minimum Gasteiger partial charge on any atom is -0.493 e. The van der Waals surface area contributed by atoms with E-state index in [4.69, 9.17) is 4.74 Å². The van der Waals surface area contributed by atoms with Crippen LogP contribution in [0.1, 0.15) is 43.1 Å². The van der Waals surface area contributed by atoms with Crippen LogP contribution in [0.5, 0.6) is 5.75 Å². The van der Waals surface area contributed by atoms with Crippen LogP contribution in [-0.2, 0) is 7.05 Å². The van der Waals surface area contributed by atoms with Crippen LogP contribution in [0.25, 0.3) is 0 Å². The third-order valence-corrected chi connectivity index (χ3v) is 4.59. The third kappa shape index (κ3) is 2.35. The standard InChI is InChI=1S/C15H25N3O2/c1-11-7-6-8-15(9-11,17(2)3)14(19)13-12(20-5)10-16-18(13)4/h10-11H,6-9H2,1-5H3. The molecule has 0 N–H and O–H groups in total. The zero-order valence-corrected chi connectivity index (χ0v) is 13.1. The number of aryl methyl sites for hydroxylation is 1. The van der Waals surface area contributed by atoms with Crippen LogP contribution < -0.4 is 4.74 Å². The summed E-state index contributed by atoms with van der Waals surface area (Å²) in [6.45, 7) is 2.23. The van der Waals surface area contributed by atoms with Gasteiger partial charge in [-0.2, -0.15) is 5.10 Å². The van der Waals surface area contributed by atoms with Gasteiger partial charge in [0.2, 0.25) is 5.78 Å². The van der Waals surface area contributed by atoms with E-state index in [9.17, 15) is 4.79 Å². The van der Waals surface area contributed by atoms with Gasteiger partial charge in [-0.05, 0) is 32.9 Å². The largest absolute Gasteiger partial charge is 0.493 e. The summed E-state index contributed by atoms with van der Waals surface area (Å²) < 4.78 is 6.94. The summed E-state index contributed by atoms with van der Waals surface area (Å²) >= 11 is 0. The van der Waals surface area contributed by atoms with Crippen molar-refractivity contribution in [2.75, 3.05) is 21.2 Å². The second-order valence-electron chi connectivity index (χ2n) is 6.14. The topological polar surface area (TPSA) is 47.4 Å². The van der Waals surface area contributed by atoms with Crippen molar-refractivity contribution >= 4 is 5.78 Å². The molecular weight excluding hydrogens is 254 g/mol. The fourth-order valence-corrected chi connectivity index (χ4v) is 3.39. The van der Waals surface area contributed by atoms with Gasteiger partial charge in [-0.3, -0.25) is 14.4 Å². The molecule has 2 unspecified atom stereocenters. The predicted molar refractivity (Wildman–Crippen MR) is 78.1 cm³/mol. The zero-order valence-electron chi connectivity index (χ0n) is 13.1. The highest BCUT2D eigenvalue weighted by Gasteiger charge is 2.45. The highest BCUT2D eigenvalue weighted by atomic mass is 16.5. The summed E-state index contributed by atoms with van der Waals surface area (Å²) in [6.07, 6.45) is 5.70. The number of ketones is 1. The van der Waals surface area contributed by atoms with Crippen LogP contribution in [0, 0.1) is 5.92 Å². The Hall–Kier alpha value is -1.36. The van der Waals surface area contributed by atoms with Gasteiger partial charge in [-0.15, -0.1) is 0 Å². The minimum absolute atomic E-state index is 0.130. The second kappa shape index (κ2) is 5.56. The lowest BCUT2D eigenvalue weighted by atomic mass is 9.72. The number of hydrogen-bond acceptors (Lipinski definition) is 4. The lowest BCUT2D eigenvalue weighted by molar-refractivity contribution is 0.0473. The molecule has 2 atom stereocenters. The van der Waals surface area contributed by atoms with Crippen LogP contribution >= 0.6 is 0 Å². The first-order chi connectivity index (χ1) is 9.42. The van der Waals surface area contributed by atoms with Crippen molar-refractivity contribution < 1.29 is 9.53 Å². The van der Waals surface area contributed by atoms with E-state index in [1.807, 2.05) is 14.1 Å². The van der Waals surface area contributed by atoms with Crippen molar-refractivity contribution in [3.63, 3.8) is 0 Å². The molecule has 1 saturated carbocycles. The summed E-state index contributed by atoms with van der Waals surface area (Å²) in [5.74, 6) is 1.26. The molecule has 1 heterocycles. The van der Waals surface area contributed by atoms with E-state index in [2.05, 4.69) is 16.9 Å². The Bertz CT molecular complexity index is 495. The van der Waals surface area contributed by atoms with Crippen LogP contribution in [0.2, 0.25) is 0 Å². The smallest absolute Gasteiger partial charge is 0.204 e. The van der Waals surface area contributed by atoms with Crippen LogP contribution in [0.15, 0.2) is 6.20 Å². The Kier molecular flexibility index (Phi) is 4.18. The molecule has 1 aromatic heterocycles. The highest BCUT2D eigenvalue weighted by molar-refractivity contribution is 6.04. The predicted octanol–water partition coefficient (Wildman–Crippen LogP) is 2.12. The van der Waals surface area contributed by atoms with E-state index in [0.29, 0.717) is 17.4 Å². The molecule has 0 aliphatic heterocycles. The number of methoxy groups -OCH3 is 1. The summed E-state index contributed by atoms with van der Waals surface area (Å²) in [6, 6.07) is 0. The first-order valence-electron chi connectivity index (χ1n) is 7.20. The van der Waals surface area contributed by atoms with Gasteiger partial charge in [-0.25, -0.2) is 0 Å². The Morgan fingerprint density at radius 1 is 1.55 bits per heavy atom. The maximum absolute atomic E-state index is 13.2. The quantitative estimate of drug-likeness (QED) is 0.792. The number of likely N-dealkylation sites (N-methyl/N-ethyl adjacent to an activating group) is 1. The van der Waals surface area contributed by atoms with Crippen molar-refractivity contribution in [2.45, 2.75) is 38.1 Å². The molecule has 1 fully saturated rings. The molecule has 0 radical (unpaired) electrons. The number of Topliss-reactive ketones (excluding diaryl/α,β-unsaturated/α-hetero) is 1. The lowest BCUT2D eigenvalue weighted by Crippen LogP contribution is -2.54. The van der Waals surface area contributed by atoms with Crippen molar-refractivity contribution in [1.29, 1.82) is 0 Å². The highest BCUT2D eigenvalue weighted by Crippen LogP contribution is 2.39. The van der Waals surface area contributed by atoms with E-state index in [-0.39, 0.29) is 5.78 Å². The Morgan fingerprint density at radius 3 is 2.80 bits per heavy atom. The average molecular weight is 279 g/mol. The fraction of sp³-hybridized carbons (Fsp3) is 0.733. The molecule has 1 aliphatic rings. The first-order valence-corrected chi connectivity index (χ1v) is 7.20. The van der Waals surface area contributed by atoms with Crippen molar-refractivity contribution in [3.8, 4) is 5.75 Å². The van der Waals surface area contributed by atoms with E-state index in [0.717, 1.165) is 19.3 Å². The Labute approximate surface area is 120 Å².